The lowest BCUT2D eigenvalue weighted by Gasteiger charge is -2.39. The predicted molar refractivity (Wildman–Crippen MR) is 134 cm³/mol. The highest BCUT2D eigenvalue weighted by atomic mass is 28.4. The molecule has 2 atom stereocenters. The van der Waals surface area contributed by atoms with Gasteiger partial charge < -0.3 is 25.1 Å². The van der Waals surface area contributed by atoms with Gasteiger partial charge in [-0.15, -0.1) is 0 Å². The van der Waals surface area contributed by atoms with Crippen LogP contribution >= 0.6 is 0 Å². The van der Waals surface area contributed by atoms with Crippen molar-refractivity contribution in [2.75, 3.05) is 6.54 Å². The molecule has 0 heterocycles. The Hall–Kier alpha value is -2.35. The number of aliphatic carboxylic acids is 1. The standard InChI is InChI=1S/C26H39NO5Si/c1-18(12-20-9-7-8-19(13-20)10-11-25(30)31)27-17-24(32-33(5,6)26(2,3)4)21-14-22(28)16-23(29)15-21/h7-9,13-16,18,24,27-29H,10-12,17H2,1-6H3,(H,30,31). The molecule has 0 radical (unpaired) electrons. The summed E-state index contributed by atoms with van der Waals surface area (Å²) >= 11 is 0. The summed E-state index contributed by atoms with van der Waals surface area (Å²) < 4.78 is 6.67. The number of carboxylic acid groups (broad SMARTS) is 1. The fourth-order valence-corrected chi connectivity index (χ4v) is 4.75. The first-order chi connectivity index (χ1) is 15.3. The van der Waals surface area contributed by atoms with E-state index >= 15 is 0 Å². The van der Waals surface area contributed by atoms with Crippen LogP contribution in [0, 0.1) is 0 Å². The Balaban J connectivity index is 2.11. The highest BCUT2D eigenvalue weighted by molar-refractivity contribution is 6.74. The number of rotatable bonds is 11. The zero-order valence-electron chi connectivity index (χ0n) is 20.7. The lowest BCUT2D eigenvalue weighted by Crippen LogP contribution is -2.44. The molecule has 2 aromatic rings. The molecule has 0 aromatic heterocycles. The van der Waals surface area contributed by atoms with Crippen LogP contribution in [0.2, 0.25) is 18.1 Å². The molecule has 0 bridgehead atoms. The fraction of sp³-hybridized carbons (Fsp3) is 0.500. The molecular formula is C26H39NO5Si. The van der Waals surface area contributed by atoms with Crippen molar-refractivity contribution in [3.05, 3.63) is 59.2 Å². The van der Waals surface area contributed by atoms with E-state index < -0.39 is 14.3 Å². The van der Waals surface area contributed by atoms with E-state index in [1.54, 1.807) is 12.1 Å². The maximum absolute atomic E-state index is 10.9. The predicted octanol–water partition coefficient (Wildman–Crippen LogP) is 5.40. The quantitative estimate of drug-likeness (QED) is 0.326. The van der Waals surface area contributed by atoms with Gasteiger partial charge in [-0.1, -0.05) is 45.0 Å². The molecule has 4 N–H and O–H groups in total. The Morgan fingerprint density at radius 2 is 1.67 bits per heavy atom. The zero-order chi connectivity index (χ0) is 24.8. The van der Waals surface area contributed by atoms with Crippen molar-refractivity contribution in [2.45, 2.75) is 77.2 Å². The lowest BCUT2D eigenvalue weighted by atomic mass is 10.0. The molecule has 0 aliphatic rings. The second kappa shape index (κ2) is 11.2. The highest BCUT2D eigenvalue weighted by Crippen LogP contribution is 2.40. The maximum atomic E-state index is 10.9. The molecule has 182 valence electrons. The Morgan fingerprint density at radius 3 is 2.24 bits per heavy atom. The number of phenolic OH excluding ortho intramolecular Hbond substituents is 2. The van der Waals surface area contributed by atoms with Gasteiger partial charge in [-0.3, -0.25) is 4.79 Å². The number of nitrogens with one attached hydrogen (secondary N) is 1. The molecule has 2 aromatic carbocycles. The van der Waals surface area contributed by atoms with E-state index in [1.807, 2.05) is 12.1 Å². The largest absolute Gasteiger partial charge is 0.508 e. The molecule has 0 aliphatic heterocycles. The summed E-state index contributed by atoms with van der Waals surface area (Å²) in [4.78, 5) is 10.9. The number of aryl methyl sites for hydroxylation is 1. The van der Waals surface area contributed by atoms with Crippen LogP contribution in [0.1, 0.15) is 56.9 Å². The molecule has 0 aliphatic carbocycles. The third-order valence-electron chi connectivity index (χ3n) is 6.35. The Morgan fingerprint density at radius 1 is 1.06 bits per heavy atom. The van der Waals surface area contributed by atoms with Crippen LogP contribution in [0.4, 0.5) is 0 Å². The van der Waals surface area contributed by atoms with Crippen molar-refractivity contribution in [3.8, 4) is 11.5 Å². The molecular weight excluding hydrogens is 434 g/mol. The molecule has 7 heteroatoms. The van der Waals surface area contributed by atoms with E-state index in [1.165, 1.54) is 6.07 Å². The second-order valence-corrected chi connectivity index (χ2v) is 15.1. The summed E-state index contributed by atoms with van der Waals surface area (Å²) in [6, 6.07) is 12.8. The first-order valence-corrected chi connectivity index (χ1v) is 14.4. The van der Waals surface area contributed by atoms with Crippen molar-refractivity contribution >= 4 is 14.3 Å². The van der Waals surface area contributed by atoms with Crippen LogP contribution < -0.4 is 5.32 Å². The minimum Gasteiger partial charge on any atom is -0.508 e. The van der Waals surface area contributed by atoms with E-state index in [-0.39, 0.29) is 35.1 Å². The second-order valence-electron chi connectivity index (χ2n) is 10.4. The Kier molecular flexibility index (Phi) is 9.11. The smallest absolute Gasteiger partial charge is 0.303 e. The minimum atomic E-state index is -2.11. The monoisotopic (exact) mass is 473 g/mol. The van der Waals surface area contributed by atoms with Crippen LogP contribution in [0.5, 0.6) is 11.5 Å². The van der Waals surface area contributed by atoms with Gasteiger partial charge in [-0.25, -0.2) is 0 Å². The number of carboxylic acids is 1. The van der Waals surface area contributed by atoms with Crippen molar-refractivity contribution in [2.24, 2.45) is 0 Å². The molecule has 0 fully saturated rings. The molecule has 33 heavy (non-hydrogen) atoms. The van der Waals surface area contributed by atoms with Crippen LogP contribution in [-0.2, 0) is 22.1 Å². The van der Waals surface area contributed by atoms with Crippen molar-refractivity contribution in [3.63, 3.8) is 0 Å². The van der Waals surface area contributed by atoms with Gasteiger partial charge in [0.15, 0.2) is 8.32 Å². The minimum absolute atomic E-state index is 0.0139. The van der Waals surface area contributed by atoms with Gasteiger partial charge in [-0.05, 0) is 66.7 Å². The van der Waals surface area contributed by atoms with Crippen molar-refractivity contribution in [1.82, 2.24) is 5.32 Å². The maximum Gasteiger partial charge on any atom is 0.303 e. The third kappa shape index (κ3) is 8.50. The average molecular weight is 474 g/mol. The first kappa shape index (κ1) is 26.9. The topological polar surface area (TPSA) is 99.0 Å². The lowest BCUT2D eigenvalue weighted by molar-refractivity contribution is -0.136. The number of benzene rings is 2. The number of phenols is 2. The van der Waals surface area contributed by atoms with E-state index in [0.29, 0.717) is 13.0 Å². The Bertz CT molecular complexity index is 918. The third-order valence-corrected chi connectivity index (χ3v) is 10.8. The number of hydrogen-bond donors (Lipinski definition) is 4. The summed E-state index contributed by atoms with van der Waals surface area (Å²) in [6.45, 7) is 13.6. The van der Waals surface area contributed by atoms with Crippen LogP contribution in [0.15, 0.2) is 42.5 Å². The van der Waals surface area contributed by atoms with E-state index in [9.17, 15) is 15.0 Å². The van der Waals surface area contributed by atoms with E-state index in [2.05, 4.69) is 58.2 Å². The van der Waals surface area contributed by atoms with Crippen LogP contribution in [0.25, 0.3) is 0 Å². The van der Waals surface area contributed by atoms with Crippen molar-refractivity contribution in [1.29, 1.82) is 0 Å². The van der Waals surface area contributed by atoms with Crippen LogP contribution in [0.3, 0.4) is 0 Å². The van der Waals surface area contributed by atoms with E-state index in [4.69, 9.17) is 9.53 Å². The number of carbonyl (C=O) groups is 1. The highest BCUT2D eigenvalue weighted by Gasteiger charge is 2.39. The SMILES string of the molecule is CC(Cc1cccc(CCC(=O)O)c1)NCC(O[Si](C)(C)C(C)(C)C)c1cc(O)cc(O)c1. The fourth-order valence-electron chi connectivity index (χ4n) is 3.46. The van der Waals surface area contributed by atoms with Gasteiger partial charge in [0.05, 0.1) is 6.10 Å². The van der Waals surface area contributed by atoms with Gasteiger partial charge >= 0.3 is 5.97 Å². The molecule has 0 spiro atoms. The molecule has 2 rings (SSSR count). The molecule has 0 saturated carbocycles. The van der Waals surface area contributed by atoms with Gasteiger partial charge in [0.2, 0.25) is 0 Å². The number of hydrogen-bond acceptors (Lipinski definition) is 5. The van der Waals surface area contributed by atoms with Gasteiger partial charge in [-0.2, -0.15) is 0 Å². The van der Waals surface area contributed by atoms with Gasteiger partial charge in [0.1, 0.15) is 11.5 Å². The van der Waals surface area contributed by atoms with Crippen LogP contribution in [-0.4, -0.2) is 42.2 Å². The Labute approximate surface area is 198 Å². The molecule has 0 saturated heterocycles. The molecule has 6 nitrogen and oxygen atoms in total. The summed E-state index contributed by atoms with van der Waals surface area (Å²) in [7, 11) is -2.11. The van der Waals surface area contributed by atoms with Gasteiger partial charge in [0.25, 0.3) is 0 Å². The molecule has 0 amide bonds. The van der Waals surface area contributed by atoms with E-state index in [0.717, 1.165) is 23.1 Å². The number of aromatic hydroxyl groups is 2. The van der Waals surface area contributed by atoms with Crippen molar-refractivity contribution < 1.29 is 24.5 Å². The first-order valence-electron chi connectivity index (χ1n) is 11.5. The summed E-state index contributed by atoms with van der Waals surface area (Å²) in [6.07, 6.45) is 1.13. The molecule has 2 unspecified atom stereocenters. The van der Waals surface area contributed by atoms with Gasteiger partial charge in [0, 0.05) is 25.1 Å². The normalized spacial score (nSPS) is 14.1. The average Bonchev–Trinajstić information content (AvgIpc) is 2.68. The summed E-state index contributed by atoms with van der Waals surface area (Å²) in [5, 5.41) is 32.5. The summed E-state index contributed by atoms with van der Waals surface area (Å²) in [5.74, 6) is -0.763. The zero-order valence-corrected chi connectivity index (χ0v) is 21.7. The summed E-state index contributed by atoms with van der Waals surface area (Å²) in [5.41, 5.74) is 2.92.